The summed E-state index contributed by atoms with van der Waals surface area (Å²) < 4.78 is 0.855. The summed E-state index contributed by atoms with van der Waals surface area (Å²) in [6.45, 7) is 2.03. The molecule has 1 unspecified atom stereocenters. The van der Waals surface area contributed by atoms with E-state index < -0.39 is 9.75 Å². The minimum absolute atomic E-state index is 0.171. The summed E-state index contributed by atoms with van der Waals surface area (Å²) in [6, 6.07) is 9.68. The van der Waals surface area contributed by atoms with Crippen molar-refractivity contribution in [2.45, 2.75) is 24.2 Å². The third kappa shape index (κ3) is 2.51. The van der Waals surface area contributed by atoms with Crippen LogP contribution in [0.15, 0.2) is 36.7 Å². The van der Waals surface area contributed by atoms with E-state index >= 15 is 0 Å². The predicted octanol–water partition coefficient (Wildman–Crippen LogP) is 2.47. The lowest BCUT2D eigenvalue weighted by molar-refractivity contribution is -0.126. The topological polar surface area (TPSA) is 59.8 Å². The zero-order chi connectivity index (χ0) is 15.1. The van der Waals surface area contributed by atoms with Crippen LogP contribution in [0, 0.1) is 5.41 Å². The summed E-state index contributed by atoms with van der Waals surface area (Å²) in [5.74, 6) is 0.476. The molecule has 1 heterocycles. The van der Waals surface area contributed by atoms with E-state index in [-0.39, 0.29) is 12.5 Å². The Morgan fingerprint density at radius 1 is 1.38 bits per heavy atom. The van der Waals surface area contributed by atoms with Gasteiger partial charge in [-0.3, -0.25) is 9.36 Å². The first-order valence-electron chi connectivity index (χ1n) is 6.54. The maximum Gasteiger partial charge on any atom is 0.229 e. The number of para-hydroxylation sites is 1. The van der Waals surface area contributed by atoms with Crippen LogP contribution in [0.3, 0.4) is 0 Å². The summed E-state index contributed by atoms with van der Waals surface area (Å²) in [5, 5.41) is 10.8. The average molecular weight is 325 g/mol. The maximum absolute atomic E-state index is 12.1. The summed E-state index contributed by atoms with van der Waals surface area (Å²) in [6.07, 6.45) is 2.07. The van der Waals surface area contributed by atoms with Gasteiger partial charge in [0.25, 0.3) is 0 Å². The van der Waals surface area contributed by atoms with Crippen LogP contribution in [-0.2, 0) is 11.3 Å². The quantitative estimate of drug-likeness (QED) is 0.879. The van der Waals surface area contributed by atoms with Gasteiger partial charge in [-0.1, -0.05) is 18.2 Å². The zero-order valence-corrected chi connectivity index (χ0v) is 12.9. The van der Waals surface area contributed by atoms with Gasteiger partial charge in [-0.05, 0) is 25.5 Å². The Morgan fingerprint density at radius 2 is 2.05 bits per heavy atom. The van der Waals surface area contributed by atoms with Gasteiger partial charge >= 0.3 is 0 Å². The molecule has 0 spiro atoms. The van der Waals surface area contributed by atoms with Crippen LogP contribution >= 0.6 is 23.2 Å². The zero-order valence-electron chi connectivity index (χ0n) is 11.4. The number of rotatable bonds is 4. The van der Waals surface area contributed by atoms with Crippen molar-refractivity contribution in [3.63, 3.8) is 0 Å². The molecule has 5 nitrogen and oxygen atoms in total. The largest absolute Gasteiger partial charge is 0.348 e. The summed E-state index contributed by atoms with van der Waals surface area (Å²) in [5.41, 5.74) is 0.210. The molecule has 110 valence electrons. The summed E-state index contributed by atoms with van der Waals surface area (Å²) >= 11 is 12.0. The number of halogens is 2. The highest BCUT2D eigenvalue weighted by Crippen LogP contribution is 2.63. The van der Waals surface area contributed by atoms with E-state index in [2.05, 4.69) is 15.5 Å². The van der Waals surface area contributed by atoms with Crippen molar-refractivity contribution < 1.29 is 4.79 Å². The highest BCUT2D eigenvalue weighted by molar-refractivity contribution is 6.53. The van der Waals surface area contributed by atoms with Crippen LogP contribution in [0.1, 0.15) is 19.2 Å². The lowest BCUT2D eigenvalue weighted by Gasteiger charge is -2.13. The molecule has 0 bridgehead atoms. The van der Waals surface area contributed by atoms with Crippen LogP contribution in [0.2, 0.25) is 0 Å². The van der Waals surface area contributed by atoms with Crippen LogP contribution in [-0.4, -0.2) is 25.0 Å². The van der Waals surface area contributed by atoms with Gasteiger partial charge in [0.1, 0.15) is 10.7 Å². The molecule has 0 radical (unpaired) electrons. The normalized spacial score (nSPS) is 22.8. The van der Waals surface area contributed by atoms with Gasteiger partial charge in [0, 0.05) is 5.69 Å². The van der Waals surface area contributed by atoms with Gasteiger partial charge in [-0.15, -0.1) is 33.4 Å². The SMILES string of the molecule is CC1(C(=O)NCc2nncn2-c2ccccc2)CC1(Cl)Cl. The second kappa shape index (κ2) is 5.00. The Bertz CT molecular complexity index is 671. The van der Waals surface area contributed by atoms with E-state index in [1.807, 2.05) is 34.9 Å². The van der Waals surface area contributed by atoms with E-state index in [9.17, 15) is 4.79 Å². The van der Waals surface area contributed by atoms with Crippen LogP contribution in [0.25, 0.3) is 5.69 Å². The van der Waals surface area contributed by atoms with E-state index in [4.69, 9.17) is 23.2 Å². The third-order valence-electron chi connectivity index (χ3n) is 3.82. The molecule has 2 aromatic rings. The van der Waals surface area contributed by atoms with Gasteiger partial charge in [-0.2, -0.15) is 0 Å². The second-order valence-electron chi connectivity index (χ2n) is 5.35. The molecule has 1 aromatic carbocycles. The molecule has 3 rings (SSSR count). The van der Waals surface area contributed by atoms with E-state index in [0.717, 1.165) is 5.69 Å². The van der Waals surface area contributed by atoms with Crippen LogP contribution in [0.4, 0.5) is 0 Å². The maximum atomic E-state index is 12.1. The highest BCUT2D eigenvalue weighted by Gasteiger charge is 2.67. The average Bonchev–Trinajstić information content (AvgIpc) is 2.83. The number of hydrogen-bond donors (Lipinski definition) is 1. The number of alkyl halides is 2. The number of benzene rings is 1. The molecule has 1 saturated carbocycles. The standard InChI is InChI=1S/C14H14Cl2N4O/c1-13(8-14(13,15)16)12(21)17-7-11-19-18-9-20(11)10-5-3-2-4-6-10/h2-6,9H,7-8H2,1H3,(H,17,21). The Kier molecular flexibility index (Phi) is 3.42. The molecule has 1 aliphatic carbocycles. The fraction of sp³-hybridized carbons (Fsp3) is 0.357. The number of nitrogens with one attached hydrogen (secondary N) is 1. The highest BCUT2D eigenvalue weighted by atomic mass is 35.5. The Hall–Kier alpha value is -1.59. The lowest BCUT2D eigenvalue weighted by atomic mass is 10.1. The first-order chi connectivity index (χ1) is 9.94. The molecule has 21 heavy (non-hydrogen) atoms. The molecule has 0 saturated heterocycles. The van der Waals surface area contributed by atoms with E-state index in [1.165, 1.54) is 0 Å². The molecular weight excluding hydrogens is 311 g/mol. The van der Waals surface area contributed by atoms with E-state index in [0.29, 0.717) is 12.2 Å². The molecule has 1 atom stereocenters. The van der Waals surface area contributed by atoms with Gasteiger partial charge in [0.05, 0.1) is 12.0 Å². The molecule has 1 fully saturated rings. The Labute approximate surface area is 132 Å². The van der Waals surface area contributed by atoms with Crippen molar-refractivity contribution in [3.05, 3.63) is 42.5 Å². The number of amides is 1. The van der Waals surface area contributed by atoms with Crippen molar-refractivity contribution in [3.8, 4) is 5.69 Å². The number of carbonyl (C=O) groups excluding carboxylic acids is 1. The molecule has 1 N–H and O–H groups in total. The van der Waals surface area contributed by atoms with Crippen molar-refractivity contribution in [1.29, 1.82) is 0 Å². The van der Waals surface area contributed by atoms with Crippen LogP contribution in [0.5, 0.6) is 0 Å². The van der Waals surface area contributed by atoms with Crippen molar-refractivity contribution >= 4 is 29.1 Å². The lowest BCUT2D eigenvalue weighted by Crippen LogP contribution is -2.33. The van der Waals surface area contributed by atoms with Gasteiger partial charge in [0.2, 0.25) is 5.91 Å². The molecule has 7 heteroatoms. The minimum Gasteiger partial charge on any atom is -0.348 e. The molecule has 0 aliphatic heterocycles. The fourth-order valence-electron chi connectivity index (χ4n) is 2.18. The van der Waals surface area contributed by atoms with Gasteiger partial charge < -0.3 is 5.32 Å². The monoisotopic (exact) mass is 324 g/mol. The minimum atomic E-state index is -0.968. The molecular formula is C14H14Cl2N4O. The van der Waals surface area contributed by atoms with Crippen molar-refractivity contribution in [2.24, 2.45) is 5.41 Å². The second-order valence-corrected chi connectivity index (χ2v) is 6.83. The smallest absolute Gasteiger partial charge is 0.229 e. The fourth-order valence-corrected chi connectivity index (χ4v) is 2.89. The third-order valence-corrected chi connectivity index (χ3v) is 4.92. The number of aromatic nitrogens is 3. The summed E-state index contributed by atoms with van der Waals surface area (Å²) in [7, 11) is 0. The molecule has 1 aromatic heterocycles. The first-order valence-corrected chi connectivity index (χ1v) is 7.30. The van der Waals surface area contributed by atoms with E-state index in [1.54, 1.807) is 13.3 Å². The Balaban J connectivity index is 1.70. The first kappa shape index (κ1) is 14.4. The number of nitrogens with zero attached hydrogens (tertiary/aromatic N) is 3. The van der Waals surface area contributed by atoms with Crippen LogP contribution < -0.4 is 5.32 Å². The Morgan fingerprint density at radius 3 is 2.67 bits per heavy atom. The van der Waals surface area contributed by atoms with Gasteiger partial charge in [-0.25, -0.2) is 0 Å². The predicted molar refractivity (Wildman–Crippen MR) is 80.4 cm³/mol. The van der Waals surface area contributed by atoms with Gasteiger partial charge in [0.15, 0.2) is 5.82 Å². The molecule has 1 amide bonds. The van der Waals surface area contributed by atoms with Crippen molar-refractivity contribution in [2.75, 3.05) is 0 Å². The number of carbonyl (C=O) groups is 1. The van der Waals surface area contributed by atoms with Crippen molar-refractivity contribution in [1.82, 2.24) is 20.1 Å². The number of hydrogen-bond acceptors (Lipinski definition) is 3. The summed E-state index contributed by atoms with van der Waals surface area (Å²) in [4.78, 5) is 12.1. The molecule has 1 aliphatic rings.